The smallest absolute Gasteiger partial charge is 0.308 e. The van der Waals surface area contributed by atoms with Gasteiger partial charge in [0.25, 0.3) is 0 Å². The summed E-state index contributed by atoms with van der Waals surface area (Å²) in [6.45, 7) is 10.0. The third-order valence-electron chi connectivity index (χ3n) is 7.12. The third kappa shape index (κ3) is 5.96. The van der Waals surface area contributed by atoms with Crippen molar-refractivity contribution in [2.24, 2.45) is 0 Å². The van der Waals surface area contributed by atoms with Crippen LogP contribution in [-0.2, 0) is 19.2 Å². The highest BCUT2D eigenvalue weighted by molar-refractivity contribution is 6.20. The van der Waals surface area contributed by atoms with Crippen molar-refractivity contribution in [1.29, 1.82) is 0 Å². The first-order valence-electron chi connectivity index (χ1n) is 13.9. The van der Waals surface area contributed by atoms with Gasteiger partial charge in [0.2, 0.25) is 0 Å². The Labute approximate surface area is 262 Å². The lowest BCUT2D eigenvalue weighted by Gasteiger charge is -2.24. The normalized spacial score (nSPS) is 10.9. The average Bonchev–Trinajstić information content (AvgIpc) is 2.88. The van der Waals surface area contributed by atoms with Gasteiger partial charge in [-0.2, -0.15) is 0 Å². The van der Waals surface area contributed by atoms with Crippen LogP contribution in [0.3, 0.4) is 0 Å². The Kier molecular flexibility index (Phi) is 8.86. The number of carbonyl (C=O) groups is 6. The zero-order valence-corrected chi connectivity index (χ0v) is 26.3. The minimum Gasteiger partial charge on any atom is -0.506 e. The van der Waals surface area contributed by atoms with Gasteiger partial charge in [-0.3, -0.25) is 28.8 Å². The summed E-state index contributed by atoms with van der Waals surface area (Å²) in [6.07, 6.45) is 0. The number of ether oxygens (including phenoxy) is 4. The number of phenols is 2. The number of benzene rings is 4. The first-order chi connectivity index (χ1) is 21.4. The van der Waals surface area contributed by atoms with E-state index in [4.69, 9.17) is 18.9 Å². The van der Waals surface area contributed by atoms with E-state index in [1.165, 1.54) is 52.0 Å². The fraction of sp³-hybridized carbons (Fsp3) is 0.235. The highest BCUT2D eigenvalue weighted by Gasteiger charge is 2.30. The molecule has 4 aromatic rings. The Morgan fingerprint density at radius 2 is 0.804 bits per heavy atom. The van der Waals surface area contributed by atoms with Crippen LogP contribution >= 0.6 is 0 Å². The highest BCUT2D eigenvalue weighted by atomic mass is 16.6. The van der Waals surface area contributed by atoms with Crippen LogP contribution in [0.1, 0.15) is 73.4 Å². The van der Waals surface area contributed by atoms with E-state index in [0.717, 1.165) is 27.7 Å². The molecule has 0 aliphatic heterocycles. The highest BCUT2D eigenvalue weighted by Crippen LogP contribution is 2.52. The molecule has 0 saturated carbocycles. The molecule has 0 amide bonds. The Morgan fingerprint density at radius 1 is 0.500 bits per heavy atom. The monoisotopic (exact) mass is 630 g/mol. The van der Waals surface area contributed by atoms with Gasteiger partial charge >= 0.3 is 23.9 Å². The van der Waals surface area contributed by atoms with Gasteiger partial charge in [-0.25, -0.2) is 0 Å². The van der Waals surface area contributed by atoms with E-state index in [1.807, 2.05) is 0 Å². The molecule has 0 heterocycles. The lowest BCUT2D eigenvalue weighted by molar-refractivity contribution is -0.133. The van der Waals surface area contributed by atoms with E-state index in [-0.39, 0.29) is 77.9 Å². The molecule has 0 saturated heterocycles. The minimum atomic E-state index is -0.783. The second-order valence-electron chi connectivity index (χ2n) is 10.6. The first-order valence-corrected chi connectivity index (χ1v) is 13.9. The van der Waals surface area contributed by atoms with Gasteiger partial charge in [-0.1, -0.05) is 0 Å². The zero-order valence-electron chi connectivity index (χ0n) is 26.3. The summed E-state index contributed by atoms with van der Waals surface area (Å²) in [5, 5.41) is 23.0. The molecule has 0 aromatic heterocycles. The molecule has 238 valence electrons. The lowest BCUT2D eigenvalue weighted by Crippen LogP contribution is -2.09. The molecule has 4 rings (SSSR count). The van der Waals surface area contributed by atoms with Crippen LogP contribution in [0.5, 0.6) is 34.5 Å². The van der Waals surface area contributed by atoms with Crippen molar-refractivity contribution >= 4 is 57.0 Å². The number of aromatic hydroxyl groups is 2. The van der Waals surface area contributed by atoms with Crippen LogP contribution in [0.2, 0.25) is 0 Å². The molecule has 4 aromatic carbocycles. The van der Waals surface area contributed by atoms with Crippen molar-refractivity contribution in [3.63, 3.8) is 0 Å². The standard InChI is InChI=1S/C34H30O12/c1-13-27(15(3)35)33(41)31-23(9-21(43-17(5)37)11-25(31)45-19(7)39)29(13)30-14(2)28(16(4)36)34(42)32-24(30)10-22(44-18(6)38)12-26(32)46-20(8)40/h9-12,41-42H,1-8H3. The van der Waals surface area contributed by atoms with E-state index in [9.17, 15) is 39.0 Å². The molecule has 0 unspecified atom stereocenters. The molecule has 0 aliphatic carbocycles. The molecular weight excluding hydrogens is 600 g/mol. The van der Waals surface area contributed by atoms with Crippen LogP contribution in [-0.4, -0.2) is 45.7 Å². The summed E-state index contributed by atoms with van der Waals surface area (Å²) < 4.78 is 21.5. The molecule has 0 bridgehead atoms. The molecule has 12 nitrogen and oxygen atoms in total. The van der Waals surface area contributed by atoms with Gasteiger partial charge in [0.05, 0.1) is 21.9 Å². The maximum atomic E-state index is 13.0. The number of ketones is 2. The molecular formula is C34H30O12. The Hall–Kier alpha value is -5.78. The minimum absolute atomic E-state index is 0.0828. The summed E-state index contributed by atoms with van der Waals surface area (Å²) in [5.41, 5.74) is 0.471. The second-order valence-corrected chi connectivity index (χ2v) is 10.6. The molecule has 0 fully saturated rings. The molecule has 0 radical (unpaired) electrons. The van der Waals surface area contributed by atoms with Gasteiger partial charge in [0.1, 0.15) is 34.5 Å². The Morgan fingerprint density at radius 3 is 1.07 bits per heavy atom. The number of Topliss-reactive ketones (excluding diaryl/α,β-unsaturated/α-hetero) is 2. The summed E-state index contributed by atoms with van der Waals surface area (Å²) >= 11 is 0. The maximum absolute atomic E-state index is 13.0. The van der Waals surface area contributed by atoms with E-state index in [1.54, 1.807) is 0 Å². The topological polar surface area (TPSA) is 180 Å². The summed E-state index contributed by atoms with van der Waals surface area (Å²) in [7, 11) is 0. The van der Waals surface area contributed by atoms with Crippen molar-refractivity contribution in [3.8, 4) is 45.6 Å². The molecule has 0 spiro atoms. The van der Waals surface area contributed by atoms with Gasteiger partial charge in [0, 0.05) is 50.6 Å². The average molecular weight is 631 g/mol. The molecule has 46 heavy (non-hydrogen) atoms. The quantitative estimate of drug-likeness (QED) is 0.143. The van der Waals surface area contributed by atoms with Gasteiger partial charge in [0.15, 0.2) is 11.6 Å². The van der Waals surface area contributed by atoms with E-state index in [2.05, 4.69) is 0 Å². The number of hydrogen-bond donors (Lipinski definition) is 2. The molecule has 2 N–H and O–H groups in total. The first kappa shape index (κ1) is 33.1. The lowest BCUT2D eigenvalue weighted by atomic mass is 9.81. The Balaban J connectivity index is 2.43. The SMILES string of the molecule is CC(=O)Oc1cc(OC(C)=O)c2c(O)c(C(C)=O)c(C)c(-c3c(C)c(C(C)=O)c(O)c4c(OC(C)=O)cc(OC(C)=O)cc34)c2c1. The molecule has 0 aliphatic rings. The van der Waals surface area contributed by atoms with Gasteiger partial charge in [-0.15, -0.1) is 0 Å². The number of fused-ring (bicyclic) bond motifs is 2. The predicted molar refractivity (Wildman–Crippen MR) is 165 cm³/mol. The van der Waals surface area contributed by atoms with Gasteiger partial charge < -0.3 is 29.2 Å². The number of rotatable bonds is 7. The largest absolute Gasteiger partial charge is 0.506 e. The van der Waals surface area contributed by atoms with Crippen LogP contribution in [0.4, 0.5) is 0 Å². The predicted octanol–water partition coefficient (Wildman–Crippen LogP) is 5.79. The van der Waals surface area contributed by atoms with Crippen molar-refractivity contribution in [3.05, 3.63) is 46.5 Å². The van der Waals surface area contributed by atoms with Crippen molar-refractivity contribution < 1.29 is 57.9 Å². The summed E-state index contributed by atoms with van der Waals surface area (Å²) in [5.74, 6) is -5.81. The van der Waals surface area contributed by atoms with Crippen molar-refractivity contribution in [2.75, 3.05) is 0 Å². The number of phenolic OH excluding ortho intramolecular Hbond substituents is 2. The fourth-order valence-electron chi connectivity index (χ4n) is 5.75. The van der Waals surface area contributed by atoms with Crippen LogP contribution in [0, 0.1) is 13.8 Å². The van der Waals surface area contributed by atoms with E-state index in [0.29, 0.717) is 0 Å². The van der Waals surface area contributed by atoms with E-state index >= 15 is 0 Å². The Bertz CT molecular complexity index is 1900. The summed E-state index contributed by atoms with van der Waals surface area (Å²) in [6, 6.07) is 5.16. The summed E-state index contributed by atoms with van der Waals surface area (Å²) in [4.78, 5) is 74.4. The van der Waals surface area contributed by atoms with E-state index < -0.39 is 46.9 Å². The number of esters is 4. The second kappa shape index (κ2) is 12.3. The number of hydrogen-bond acceptors (Lipinski definition) is 12. The van der Waals surface area contributed by atoms with Crippen LogP contribution in [0.15, 0.2) is 24.3 Å². The maximum Gasteiger partial charge on any atom is 0.308 e. The fourth-order valence-corrected chi connectivity index (χ4v) is 5.75. The molecule has 0 atom stereocenters. The molecule has 12 heteroatoms. The third-order valence-corrected chi connectivity index (χ3v) is 7.12. The van der Waals surface area contributed by atoms with Crippen LogP contribution in [0.25, 0.3) is 32.7 Å². The van der Waals surface area contributed by atoms with Gasteiger partial charge in [-0.05, 0) is 62.1 Å². The van der Waals surface area contributed by atoms with Crippen molar-refractivity contribution in [1.82, 2.24) is 0 Å². The van der Waals surface area contributed by atoms with Crippen LogP contribution < -0.4 is 18.9 Å². The van der Waals surface area contributed by atoms with Crippen molar-refractivity contribution in [2.45, 2.75) is 55.4 Å². The number of carbonyl (C=O) groups excluding carboxylic acids is 6. The zero-order chi connectivity index (χ0) is 34.4.